The molecule has 0 saturated heterocycles. The van der Waals surface area contributed by atoms with E-state index in [1.165, 1.54) is 0 Å². The van der Waals surface area contributed by atoms with Gasteiger partial charge in [-0.05, 0) is 18.9 Å². The van der Waals surface area contributed by atoms with E-state index in [1.54, 1.807) is 0 Å². The molecule has 0 aliphatic carbocycles. The highest BCUT2D eigenvalue weighted by atomic mass is 16.5. The largest absolute Gasteiger partial charge is 0.420 e. The minimum atomic E-state index is -0.620. The number of aromatic nitrogens is 2. The highest BCUT2D eigenvalue weighted by molar-refractivity contribution is 5.60. The molecule has 0 radical (unpaired) electrons. The summed E-state index contributed by atoms with van der Waals surface area (Å²) in [5.74, 6) is 0.580. The van der Waals surface area contributed by atoms with Crippen molar-refractivity contribution in [3.8, 4) is 11.9 Å². The molecule has 21 heavy (non-hydrogen) atoms. The Labute approximate surface area is 123 Å². The molecule has 0 spiro atoms. The van der Waals surface area contributed by atoms with Gasteiger partial charge in [0.1, 0.15) is 11.6 Å². The van der Waals surface area contributed by atoms with E-state index in [0.717, 1.165) is 16.8 Å². The highest BCUT2D eigenvalue weighted by Crippen LogP contribution is 2.49. The Hall–Kier alpha value is -2.74. The molecule has 0 fully saturated rings. The van der Waals surface area contributed by atoms with Crippen LogP contribution in [0.15, 0.2) is 41.8 Å². The van der Waals surface area contributed by atoms with E-state index < -0.39 is 5.41 Å². The predicted molar refractivity (Wildman–Crippen MR) is 78.3 cm³/mol. The van der Waals surface area contributed by atoms with Crippen LogP contribution in [0.5, 0.6) is 5.88 Å². The van der Waals surface area contributed by atoms with E-state index in [1.807, 2.05) is 44.2 Å². The van der Waals surface area contributed by atoms with Crippen LogP contribution in [0, 0.1) is 18.3 Å². The Morgan fingerprint density at radius 2 is 2.10 bits per heavy atom. The summed E-state index contributed by atoms with van der Waals surface area (Å²) in [6.07, 6.45) is 0.692. The number of ether oxygens (including phenoxy) is 1. The lowest BCUT2D eigenvalue weighted by atomic mass is 9.66. The first-order valence-corrected chi connectivity index (χ1v) is 6.84. The van der Waals surface area contributed by atoms with E-state index in [2.05, 4.69) is 16.3 Å². The molecular formula is C16H16N4O. The minimum Gasteiger partial charge on any atom is -0.420 e. The van der Waals surface area contributed by atoms with Crippen LogP contribution in [0.2, 0.25) is 0 Å². The van der Waals surface area contributed by atoms with Crippen molar-refractivity contribution in [1.29, 1.82) is 5.26 Å². The first-order valence-electron chi connectivity index (χ1n) is 6.84. The van der Waals surface area contributed by atoms with Crippen molar-refractivity contribution >= 4 is 0 Å². The van der Waals surface area contributed by atoms with Crippen molar-refractivity contribution in [3.05, 3.63) is 58.6 Å². The van der Waals surface area contributed by atoms with Gasteiger partial charge in [0, 0.05) is 5.69 Å². The maximum absolute atomic E-state index is 9.64. The Morgan fingerprint density at radius 3 is 2.71 bits per heavy atom. The topological polar surface area (TPSA) is 87.7 Å². The maximum atomic E-state index is 9.64. The van der Waals surface area contributed by atoms with E-state index in [4.69, 9.17) is 10.5 Å². The molecular weight excluding hydrogens is 264 g/mol. The highest BCUT2D eigenvalue weighted by Gasteiger charge is 2.46. The molecule has 2 heterocycles. The van der Waals surface area contributed by atoms with Gasteiger partial charge in [0.05, 0.1) is 11.0 Å². The Bertz CT molecular complexity index is 754. The number of nitriles is 1. The third-order valence-electron chi connectivity index (χ3n) is 4.13. The molecule has 5 heteroatoms. The number of nitrogens with two attached hydrogens (primary N) is 1. The normalized spacial score (nSPS) is 20.6. The zero-order valence-corrected chi connectivity index (χ0v) is 12.0. The minimum absolute atomic E-state index is 0.127. The Morgan fingerprint density at radius 1 is 1.38 bits per heavy atom. The fourth-order valence-electron chi connectivity index (χ4n) is 3.19. The van der Waals surface area contributed by atoms with Crippen molar-refractivity contribution in [2.24, 2.45) is 5.73 Å². The van der Waals surface area contributed by atoms with Gasteiger partial charge in [-0.25, -0.2) is 0 Å². The molecule has 1 aliphatic heterocycles. The summed E-state index contributed by atoms with van der Waals surface area (Å²) in [6.45, 7) is 3.97. The summed E-state index contributed by atoms with van der Waals surface area (Å²) in [5.41, 5.74) is 8.59. The molecule has 1 unspecified atom stereocenters. The van der Waals surface area contributed by atoms with Gasteiger partial charge in [-0.3, -0.25) is 5.10 Å². The SMILES string of the molecule is CCC1(c2ccccc2)C(C#N)=C(N)Oc2n[nH]c(C)c21. The first-order chi connectivity index (χ1) is 10.1. The van der Waals surface area contributed by atoms with Gasteiger partial charge < -0.3 is 10.5 Å². The van der Waals surface area contributed by atoms with Gasteiger partial charge in [0.15, 0.2) is 0 Å². The number of hydrogen-bond donors (Lipinski definition) is 2. The second kappa shape index (κ2) is 4.67. The number of nitrogens with zero attached hydrogens (tertiary/aromatic N) is 2. The average molecular weight is 280 g/mol. The molecule has 1 atom stereocenters. The Balaban J connectivity index is 2.40. The van der Waals surface area contributed by atoms with Gasteiger partial charge in [-0.15, -0.1) is 5.10 Å². The van der Waals surface area contributed by atoms with Gasteiger partial charge in [0.2, 0.25) is 11.8 Å². The molecule has 1 aromatic heterocycles. The summed E-state index contributed by atoms with van der Waals surface area (Å²) in [5, 5.41) is 16.8. The number of fused-ring (bicyclic) bond motifs is 1. The first kappa shape index (κ1) is 13.3. The lowest BCUT2D eigenvalue weighted by Gasteiger charge is -2.36. The van der Waals surface area contributed by atoms with E-state index >= 15 is 0 Å². The van der Waals surface area contributed by atoms with Gasteiger partial charge >= 0.3 is 0 Å². The molecule has 1 aromatic carbocycles. The molecule has 0 saturated carbocycles. The third kappa shape index (κ3) is 1.66. The van der Waals surface area contributed by atoms with Crippen LogP contribution in [0.4, 0.5) is 0 Å². The summed E-state index contributed by atoms with van der Waals surface area (Å²) in [7, 11) is 0. The summed E-state index contributed by atoms with van der Waals surface area (Å²) >= 11 is 0. The second-order valence-corrected chi connectivity index (χ2v) is 5.11. The predicted octanol–water partition coefficient (Wildman–Crippen LogP) is 2.50. The average Bonchev–Trinajstić information content (AvgIpc) is 2.88. The maximum Gasteiger partial charge on any atom is 0.244 e. The molecule has 106 valence electrons. The number of hydrogen-bond acceptors (Lipinski definition) is 4. The standard InChI is InChI=1S/C16H16N4O/c1-3-16(11-7-5-4-6-8-11)12(9-17)14(18)21-15-13(16)10(2)19-20-15/h4-8H,3,18H2,1-2H3,(H,19,20). The van der Waals surface area contributed by atoms with Crippen LogP contribution in [0.25, 0.3) is 0 Å². The van der Waals surface area contributed by atoms with Crippen molar-refractivity contribution in [1.82, 2.24) is 10.2 Å². The van der Waals surface area contributed by atoms with Crippen LogP contribution in [0.1, 0.15) is 30.2 Å². The van der Waals surface area contributed by atoms with E-state index in [-0.39, 0.29) is 5.88 Å². The van der Waals surface area contributed by atoms with Gasteiger partial charge in [-0.2, -0.15) is 5.26 Å². The van der Waals surface area contributed by atoms with Crippen LogP contribution in [0.3, 0.4) is 0 Å². The molecule has 0 bridgehead atoms. The summed E-state index contributed by atoms with van der Waals surface area (Å²) in [6, 6.07) is 12.1. The van der Waals surface area contributed by atoms with Crippen molar-refractivity contribution in [3.63, 3.8) is 0 Å². The quantitative estimate of drug-likeness (QED) is 0.884. The van der Waals surface area contributed by atoms with E-state index in [9.17, 15) is 5.26 Å². The monoisotopic (exact) mass is 280 g/mol. The van der Waals surface area contributed by atoms with Crippen LogP contribution < -0.4 is 10.5 Å². The molecule has 2 aromatic rings. The van der Waals surface area contributed by atoms with Crippen molar-refractivity contribution in [2.45, 2.75) is 25.7 Å². The zero-order chi connectivity index (χ0) is 15.0. The van der Waals surface area contributed by atoms with Gasteiger partial charge in [-0.1, -0.05) is 37.3 Å². The molecule has 5 nitrogen and oxygen atoms in total. The zero-order valence-electron chi connectivity index (χ0n) is 12.0. The number of benzene rings is 1. The molecule has 3 N–H and O–H groups in total. The van der Waals surface area contributed by atoms with Crippen LogP contribution >= 0.6 is 0 Å². The molecule has 3 rings (SSSR count). The lowest BCUT2D eigenvalue weighted by Crippen LogP contribution is -2.36. The van der Waals surface area contributed by atoms with Gasteiger partial charge in [0.25, 0.3) is 0 Å². The smallest absolute Gasteiger partial charge is 0.244 e. The number of rotatable bonds is 2. The van der Waals surface area contributed by atoms with E-state index in [0.29, 0.717) is 17.9 Å². The van der Waals surface area contributed by atoms with Crippen LogP contribution in [-0.4, -0.2) is 10.2 Å². The summed E-state index contributed by atoms with van der Waals surface area (Å²) < 4.78 is 5.53. The number of aromatic amines is 1. The number of aryl methyl sites for hydroxylation is 1. The third-order valence-corrected chi connectivity index (χ3v) is 4.13. The van der Waals surface area contributed by atoms with Crippen molar-refractivity contribution in [2.75, 3.05) is 0 Å². The summed E-state index contributed by atoms with van der Waals surface area (Å²) in [4.78, 5) is 0. The molecule has 1 aliphatic rings. The fourth-order valence-corrected chi connectivity index (χ4v) is 3.19. The lowest BCUT2D eigenvalue weighted by molar-refractivity contribution is 0.353. The number of H-pyrrole nitrogens is 1. The van der Waals surface area contributed by atoms with Crippen LogP contribution in [-0.2, 0) is 5.41 Å². The Kier molecular flexibility index (Phi) is 2.95. The second-order valence-electron chi connectivity index (χ2n) is 5.11. The fraction of sp³-hybridized carbons (Fsp3) is 0.250. The number of nitrogens with one attached hydrogen (secondary N) is 1. The van der Waals surface area contributed by atoms with Crippen molar-refractivity contribution < 1.29 is 4.74 Å². The number of allylic oxidation sites excluding steroid dienone is 1. The molecule has 0 amide bonds.